The molecular formula is C27H29N3O2S. The maximum absolute atomic E-state index is 12.9. The molecule has 1 amide bonds. The molecule has 33 heavy (non-hydrogen) atoms. The smallest absolute Gasteiger partial charge is 0.260 e. The molecule has 0 saturated carbocycles. The molecule has 3 aromatic carbocycles. The van der Waals surface area contributed by atoms with E-state index >= 15 is 0 Å². The van der Waals surface area contributed by atoms with Crippen LogP contribution >= 0.6 is 11.3 Å². The summed E-state index contributed by atoms with van der Waals surface area (Å²) in [5.74, 6) is 0.713. The normalized spacial score (nSPS) is 11.2. The van der Waals surface area contributed by atoms with Crippen molar-refractivity contribution in [2.75, 3.05) is 27.2 Å². The van der Waals surface area contributed by atoms with Crippen LogP contribution in [0.3, 0.4) is 0 Å². The van der Waals surface area contributed by atoms with E-state index < -0.39 is 0 Å². The monoisotopic (exact) mass is 459 g/mol. The van der Waals surface area contributed by atoms with E-state index in [1.807, 2.05) is 86.6 Å². The summed E-state index contributed by atoms with van der Waals surface area (Å²) in [6, 6.07) is 24.3. The van der Waals surface area contributed by atoms with Gasteiger partial charge in [0.1, 0.15) is 10.8 Å². The van der Waals surface area contributed by atoms with Crippen LogP contribution in [0.1, 0.15) is 18.1 Å². The third kappa shape index (κ3) is 5.78. The van der Waals surface area contributed by atoms with Gasteiger partial charge in [-0.2, -0.15) is 0 Å². The number of rotatable bonds is 9. The van der Waals surface area contributed by atoms with Crippen LogP contribution in [-0.2, 0) is 17.9 Å². The van der Waals surface area contributed by atoms with Crippen LogP contribution in [0.5, 0.6) is 5.75 Å². The van der Waals surface area contributed by atoms with Crippen molar-refractivity contribution in [3.63, 3.8) is 0 Å². The Morgan fingerprint density at radius 1 is 0.970 bits per heavy atom. The molecule has 0 radical (unpaired) electrons. The second-order valence-electron chi connectivity index (χ2n) is 8.23. The molecule has 0 atom stereocenters. The van der Waals surface area contributed by atoms with Gasteiger partial charge in [-0.05, 0) is 56.9 Å². The Morgan fingerprint density at radius 3 is 2.45 bits per heavy atom. The maximum Gasteiger partial charge on any atom is 0.260 e. The Balaban J connectivity index is 1.51. The molecule has 0 N–H and O–H groups in total. The summed E-state index contributed by atoms with van der Waals surface area (Å²) in [5.41, 5.74) is 4.22. The summed E-state index contributed by atoms with van der Waals surface area (Å²) < 4.78 is 7.21. The number of carbonyl (C=O) groups excluding carboxylic acids is 1. The molecule has 0 fully saturated rings. The molecule has 0 aliphatic heterocycles. The van der Waals surface area contributed by atoms with Gasteiger partial charge in [-0.25, -0.2) is 4.98 Å². The predicted molar refractivity (Wildman–Crippen MR) is 135 cm³/mol. The highest BCUT2D eigenvalue weighted by Gasteiger charge is 2.16. The topological polar surface area (TPSA) is 45.7 Å². The number of amides is 1. The first-order valence-electron chi connectivity index (χ1n) is 11.1. The molecule has 5 nitrogen and oxygen atoms in total. The van der Waals surface area contributed by atoms with E-state index in [1.54, 1.807) is 11.3 Å². The average Bonchev–Trinajstić information content (AvgIpc) is 3.26. The highest BCUT2D eigenvalue weighted by Crippen LogP contribution is 2.33. The minimum absolute atomic E-state index is 0.0155. The van der Waals surface area contributed by atoms with Gasteiger partial charge in [-0.15, -0.1) is 11.3 Å². The summed E-state index contributed by atoms with van der Waals surface area (Å²) in [4.78, 5) is 21.6. The molecule has 0 aliphatic rings. The van der Waals surface area contributed by atoms with E-state index in [0.717, 1.165) is 33.0 Å². The van der Waals surface area contributed by atoms with Gasteiger partial charge >= 0.3 is 0 Å². The highest BCUT2D eigenvalue weighted by atomic mass is 32.1. The van der Waals surface area contributed by atoms with E-state index in [4.69, 9.17) is 9.72 Å². The number of fused-ring (bicyclic) bond motifs is 1. The number of nitrogens with zero attached hydrogens (tertiary/aromatic N) is 3. The molecule has 4 rings (SSSR count). The number of likely N-dealkylation sites (N-methyl/N-ethyl adjacent to an activating group) is 1. The number of ether oxygens (including phenoxy) is 1. The maximum atomic E-state index is 12.9. The first-order chi connectivity index (χ1) is 16.0. The summed E-state index contributed by atoms with van der Waals surface area (Å²) in [6.07, 6.45) is 0. The number of hydrogen-bond donors (Lipinski definition) is 0. The molecule has 170 valence electrons. The second kappa shape index (κ2) is 10.6. The molecule has 0 aliphatic carbocycles. The minimum atomic E-state index is -0.0209. The molecule has 6 heteroatoms. The third-order valence-corrected chi connectivity index (χ3v) is 6.48. The Kier molecular flexibility index (Phi) is 7.37. The molecule has 0 unspecified atom stereocenters. The van der Waals surface area contributed by atoms with Crippen molar-refractivity contribution in [1.29, 1.82) is 0 Å². The zero-order valence-corrected chi connectivity index (χ0v) is 20.1. The highest BCUT2D eigenvalue weighted by molar-refractivity contribution is 7.21. The van der Waals surface area contributed by atoms with Crippen LogP contribution in [0.15, 0.2) is 72.8 Å². The number of carbonyl (C=O) groups is 1. The van der Waals surface area contributed by atoms with Crippen LogP contribution in [0.2, 0.25) is 0 Å². The molecule has 4 aromatic rings. The van der Waals surface area contributed by atoms with Gasteiger partial charge in [0.05, 0.1) is 10.2 Å². The van der Waals surface area contributed by atoms with Gasteiger partial charge in [-0.3, -0.25) is 4.79 Å². The summed E-state index contributed by atoms with van der Waals surface area (Å²) in [6.45, 7) is 3.94. The van der Waals surface area contributed by atoms with Crippen molar-refractivity contribution in [2.24, 2.45) is 0 Å². The Morgan fingerprint density at radius 2 is 1.73 bits per heavy atom. The van der Waals surface area contributed by atoms with Gasteiger partial charge in [0.25, 0.3) is 5.91 Å². The largest absolute Gasteiger partial charge is 0.483 e. The van der Waals surface area contributed by atoms with Crippen molar-refractivity contribution >= 4 is 27.5 Å². The second-order valence-corrected chi connectivity index (χ2v) is 9.26. The Labute approximate surface area is 199 Å². The molecule has 0 saturated heterocycles. The summed E-state index contributed by atoms with van der Waals surface area (Å²) in [7, 11) is 4.05. The SMILES string of the molecule is CCN(Cc1ccccc1)C(=O)COc1ccc(-c2nc3ccccc3s2)cc1CN(C)C. The summed E-state index contributed by atoms with van der Waals surface area (Å²) in [5, 5.41) is 0.985. The number of aromatic nitrogens is 1. The molecule has 0 bridgehead atoms. The van der Waals surface area contributed by atoms with Crippen molar-refractivity contribution in [3.8, 4) is 16.3 Å². The molecule has 1 aromatic heterocycles. The van der Waals surface area contributed by atoms with Crippen molar-refractivity contribution < 1.29 is 9.53 Å². The lowest BCUT2D eigenvalue weighted by Crippen LogP contribution is -2.34. The van der Waals surface area contributed by atoms with E-state index in [1.165, 1.54) is 4.70 Å². The van der Waals surface area contributed by atoms with Crippen LogP contribution in [0.4, 0.5) is 0 Å². The minimum Gasteiger partial charge on any atom is -0.483 e. The lowest BCUT2D eigenvalue weighted by Gasteiger charge is -2.22. The summed E-state index contributed by atoms with van der Waals surface area (Å²) >= 11 is 1.68. The van der Waals surface area contributed by atoms with E-state index in [2.05, 4.69) is 17.0 Å². The third-order valence-electron chi connectivity index (χ3n) is 5.39. The fourth-order valence-electron chi connectivity index (χ4n) is 3.72. The zero-order valence-electron chi connectivity index (χ0n) is 19.3. The van der Waals surface area contributed by atoms with E-state index in [-0.39, 0.29) is 12.5 Å². The first-order valence-corrected chi connectivity index (χ1v) is 11.9. The van der Waals surface area contributed by atoms with E-state index in [9.17, 15) is 4.79 Å². The fraction of sp³-hybridized carbons (Fsp3) is 0.259. The van der Waals surface area contributed by atoms with Gasteiger partial charge in [-0.1, -0.05) is 42.5 Å². The standard InChI is InChI=1S/C27H29N3O2S/c1-4-30(17-20-10-6-5-7-11-20)26(31)19-32-24-15-14-21(16-22(24)18-29(2)3)27-28-23-12-8-9-13-25(23)33-27/h5-16H,4,17-19H2,1-3H3. The van der Waals surface area contributed by atoms with Crippen LogP contribution in [0.25, 0.3) is 20.8 Å². The zero-order chi connectivity index (χ0) is 23.2. The number of para-hydroxylation sites is 1. The van der Waals surface area contributed by atoms with Gasteiger partial charge in [0.2, 0.25) is 0 Å². The molecular weight excluding hydrogens is 430 g/mol. The van der Waals surface area contributed by atoms with Crippen molar-refractivity contribution in [3.05, 3.63) is 83.9 Å². The molecule has 0 spiro atoms. The Bertz CT molecular complexity index is 1190. The Hall–Kier alpha value is -3.22. The van der Waals surface area contributed by atoms with Crippen molar-refractivity contribution in [2.45, 2.75) is 20.0 Å². The van der Waals surface area contributed by atoms with Crippen LogP contribution in [0, 0.1) is 0 Å². The fourth-order valence-corrected chi connectivity index (χ4v) is 4.69. The predicted octanol–water partition coefficient (Wildman–Crippen LogP) is 5.45. The lowest BCUT2D eigenvalue weighted by molar-refractivity contribution is -0.133. The van der Waals surface area contributed by atoms with Gasteiger partial charge in [0, 0.05) is 30.8 Å². The number of benzene rings is 3. The van der Waals surface area contributed by atoms with Crippen molar-refractivity contribution in [1.82, 2.24) is 14.8 Å². The first kappa shape index (κ1) is 23.0. The van der Waals surface area contributed by atoms with Gasteiger partial charge in [0.15, 0.2) is 6.61 Å². The quantitative estimate of drug-likeness (QED) is 0.334. The lowest BCUT2D eigenvalue weighted by atomic mass is 10.1. The average molecular weight is 460 g/mol. The van der Waals surface area contributed by atoms with Crippen LogP contribution < -0.4 is 4.74 Å². The van der Waals surface area contributed by atoms with Gasteiger partial charge < -0.3 is 14.5 Å². The van der Waals surface area contributed by atoms with E-state index in [0.29, 0.717) is 19.6 Å². The molecule has 1 heterocycles. The number of thiazole rings is 1. The number of hydrogen-bond acceptors (Lipinski definition) is 5. The van der Waals surface area contributed by atoms with Crippen LogP contribution in [-0.4, -0.2) is 47.9 Å².